The van der Waals surface area contributed by atoms with Crippen LogP contribution in [0.5, 0.6) is 5.75 Å². The number of carbonyl (C=O) groups is 1. The highest BCUT2D eigenvalue weighted by atomic mass is 35.5. The molecule has 6 nitrogen and oxygen atoms in total. The molecule has 0 aliphatic rings. The number of anilines is 1. The van der Waals surface area contributed by atoms with E-state index in [1.54, 1.807) is 11.8 Å². The van der Waals surface area contributed by atoms with Crippen molar-refractivity contribution in [3.8, 4) is 5.75 Å². The minimum Gasteiger partial charge on any atom is -0.489 e. The fourth-order valence-corrected chi connectivity index (χ4v) is 4.49. The largest absolute Gasteiger partial charge is 0.489 e. The number of rotatable bonds is 9. The summed E-state index contributed by atoms with van der Waals surface area (Å²) in [4.78, 5) is 13.4. The zero-order valence-corrected chi connectivity index (χ0v) is 19.4. The molecule has 1 amide bonds. The predicted octanol–water partition coefficient (Wildman–Crippen LogP) is 5.28. The van der Waals surface area contributed by atoms with Gasteiger partial charge in [0.25, 0.3) is 0 Å². The monoisotopic (exact) mass is 462 g/mol. The Balaban J connectivity index is 1.55. The highest BCUT2D eigenvalue weighted by Crippen LogP contribution is 2.30. The standard InChI is InChI=1S/C21H23ClN4O2S2/c1-14(2)28-17-10-6-5-9-16(17)23-20(27)13-30-21-25-24-19(26(21)3)12-29-18-11-7-4-8-15(18)22/h4-11,14H,12-13H2,1-3H3,(H,23,27). The average molecular weight is 463 g/mol. The molecule has 0 saturated carbocycles. The number of benzene rings is 2. The molecule has 0 spiro atoms. The van der Waals surface area contributed by atoms with Gasteiger partial charge in [-0.05, 0) is 38.1 Å². The lowest BCUT2D eigenvalue weighted by Gasteiger charge is -2.14. The molecule has 0 unspecified atom stereocenters. The molecule has 2 aromatic carbocycles. The van der Waals surface area contributed by atoms with E-state index in [0.717, 1.165) is 15.7 Å². The van der Waals surface area contributed by atoms with Crippen molar-refractivity contribution in [3.63, 3.8) is 0 Å². The summed E-state index contributed by atoms with van der Waals surface area (Å²) in [6, 6.07) is 15.1. The minimum absolute atomic E-state index is 0.0260. The molecule has 1 heterocycles. The number of ether oxygens (including phenoxy) is 1. The molecule has 1 N–H and O–H groups in total. The number of halogens is 1. The SMILES string of the molecule is CC(C)Oc1ccccc1NC(=O)CSc1nnc(CSc2ccccc2Cl)n1C. The van der Waals surface area contributed by atoms with E-state index in [1.165, 1.54) is 11.8 Å². The first kappa shape index (κ1) is 22.5. The molecule has 1 aromatic heterocycles. The molecule has 158 valence electrons. The van der Waals surface area contributed by atoms with Crippen molar-refractivity contribution in [2.45, 2.75) is 35.8 Å². The summed E-state index contributed by atoms with van der Waals surface area (Å²) in [5.74, 6) is 2.20. The van der Waals surface area contributed by atoms with Crippen LogP contribution in [0.15, 0.2) is 58.6 Å². The van der Waals surface area contributed by atoms with E-state index in [-0.39, 0.29) is 17.8 Å². The lowest BCUT2D eigenvalue weighted by atomic mass is 10.3. The Labute approximate surface area is 189 Å². The highest BCUT2D eigenvalue weighted by Gasteiger charge is 2.14. The van der Waals surface area contributed by atoms with Gasteiger partial charge in [-0.3, -0.25) is 4.79 Å². The van der Waals surface area contributed by atoms with Crippen LogP contribution < -0.4 is 10.1 Å². The average Bonchev–Trinajstić information content (AvgIpc) is 3.06. The second-order valence-electron chi connectivity index (χ2n) is 6.68. The third-order valence-electron chi connectivity index (χ3n) is 3.97. The Morgan fingerprint density at radius 3 is 2.63 bits per heavy atom. The molecule has 3 rings (SSSR count). The van der Waals surface area contributed by atoms with Crippen molar-refractivity contribution in [1.82, 2.24) is 14.8 Å². The lowest BCUT2D eigenvalue weighted by Crippen LogP contribution is -2.16. The fraction of sp³-hybridized carbons (Fsp3) is 0.286. The Morgan fingerprint density at radius 1 is 1.13 bits per heavy atom. The smallest absolute Gasteiger partial charge is 0.234 e. The number of para-hydroxylation sites is 2. The van der Waals surface area contributed by atoms with Crippen molar-refractivity contribution in [2.24, 2.45) is 7.05 Å². The Bertz CT molecular complexity index is 1010. The number of thioether (sulfide) groups is 2. The molecular formula is C21H23ClN4O2S2. The maximum atomic E-state index is 12.4. The fourth-order valence-electron chi connectivity index (χ4n) is 2.54. The van der Waals surface area contributed by atoms with Gasteiger partial charge in [0.15, 0.2) is 5.16 Å². The third-order valence-corrected chi connectivity index (χ3v) is 6.51. The van der Waals surface area contributed by atoms with Crippen LogP contribution in [-0.2, 0) is 17.6 Å². The maximum absolute atomic E-state index is 12.4. The molecule has 0 aliphatic heterocycles. The van der Waals surface area contributed by atoms with E-state index in [2.05, 4.69) is 15.5 Å². The van der Waals surface area contributed by atoms with Crippen LogP contribution >= 0.6 is 35.1 Å². The van der Waals surface area contributed by atoms with E-state index in [9.17, 15) is 4.79 Å². The molecule has 0 aliphatic carbocycles. The maximum Gasteiger partial charge on any atom is 0.234 e. The zero-order chi connectivity index (χ0) is 21.5. The van der Waals surface area contributed by atoms with Crippen molar-refractivity contribution in [2.75, 3.05) is 11.1 Å². The topological polar surface area (TPSA) is 69.0 Å². The second kappa shape index (κ2) is 10.7. The van der Waals surface area contributed by atoms with Gasteiger partial charge in [-0.15, -0.1) is 22.0 Å². The summed E-state index contributed by atoms with van der Waals surface area (Å²) in [6.45, 7) is 3.90. The zero-order valence-electron chi connectivity index (χ0n) is 17.0. The number of carbonyl (C=O) groups excluding carboxylic acids is 1. The summed E-state index contributed by atoms with van der Waals surface area (Å²) in [5.41, 5.74) is 0.659. The summed E-state index contributed by atoms with van der Waals surface area (Å²) in [7, 11) is 1.90. The first-order valence-electron chi connectivity index (χ1n) is 9.38. The minimum atomic E-state index is -0.130. The van der Waals surface area contributed by atoms with Crippen LogP contribution in [0.25, 0.3) is 0 Å². The number of nitrogens with one attached hydrogen (secondary N) is 1. The molecule has 0 fully saturated rings. The van der Waals surface area contributed by atoms with Gasteiger partial charge in [0.2, 0.25) is 5.91 Å². The molecule has 0 bridgehead atoms. The molecule has 0 radical (unpaired) electrons. The van der Waals surface area contributed by atoms with Crippen LogP contribution in [0.3, 0.4) is 0 Å². The molecule has 0 saturated heterocycles. The van der Waals surface area contributed by atoms with Crippen molar-refractivity contribution in [1.29, 1.82) is 0 Å². The molecule has 9 heteroatoms. The lowest BCUT2D eigenvalue weighted by molar-refractivity contribution is -0.113. The van der Waals surface area contributed by atoms with Gasteiger partial charge in [-0.1, -0.05) is 47.6 Å². The Morgan fingerprint density at radius 2 is 1.87 bits per heavy atom. The first-order chi connectivity index (χ1) is 14.4. The van der Waals surface area contributed by atoms with E-state index >= 15 is 0 Å². The summed E-state index contributed by atoms with van der Waals surface area (Å²) < 4.78 is 7.64. The van der Waals surface area contributed by atoms with Crippen LogP contribution in [-0.4, -0.2) is 32.5 Å². The van der Waals surface area contributed by atoms with E-state index in [0.29, 0.717) is 22.3 Å². The van der Waals surface area contributed by atoms with Crippen LogP contribution in [0.2, 0.25) is 5.02 Å². The van der Waals surface area contributed by atoms with E-state index < -0.39 is 0 Å². The van der Waals surface area contributed by atoms with Crippen molar-refractivity contribution < 1.29 is 9.53 Å². The van der Waals surface area contributed by atoms with Crippen LogP contribution in [0, 0.1) is 0 Å². The van der Waals surface area contributed by atoms with E-state index in [1.807, 2.05) is 74.0 Å². The van der Waals surface area contributed by atoms with Gasteiger partial charge < -0.3 is 14.6 Å². The van der Waals surface area contributed by atoms with Gasteiger partial charge in [0, 0.05) is 11.9 Å². The number of amides is 1. The van der Waals surface area contributed by atoms with Crippen molar-refractivity contribution >= 4 is 46.7 Å². The number of nitrogens with zero attached hydrogens (tertiary/aromatic N) is 3. The highest BCUT2D eigenvalue weighted by molar-refractivity contribution is 7.99. The van der Waals surface area contributed by atoms with Gasteiger partial charge in [-0.25, -0.2) is 0 Å². The molecule has 30 heavy (non-hydrogen) atoms. The van der Waals surface area contributed by atoms with Crippen LogP contribution in [0.1, 0.15) is 19.7 Å². The van der Waals surface area contributed by atoms with Crippen molar-refractivity contribution in [3.05, 3.63) is 59.4 Å². The molecule has 3 aromatic rings. The number of hydrogen-bond acceptors (Lipinski definition) is 6. The van der Waals surface area contributed by atoms with E-state index in [4.69, 9.17) is 16.3 Å². The summed E-state index contributed by atoms with van der Waals surface area (Å²) in [5, 5.41) is 12.8. The molecule has 0 atom stereocenters. The summed E-state index contributed by atoms with van der Waals surface area (Å²) >= 11 is 9.15. The number of aromatic nitrogens is 3. The molecular weight excluding hydrogens is 440 g/mol. The normalized spacial score (nSPS) is 11.0. The van der Waals surface area contributed by atoms with Gasteiger partial charge in [0.05, 0.1) is 28.3 Å². The van der Waals surface area contributed by atoms with Crippen LogP contribution in [0.4, 0.5) is 5.69 Å². The van der Waals surface area contributed by atoms with Gasteiger partial charge >= 0.3 is 0 Å². The number of hydrogen-bond donors (Lipinski definition) is 1. The second-order valence-corrected chi connectivity index (χ2v) is 9.04. The predicted molar refractivity (Wildman–Crippen MR) is 124 cm³/mol. The Kier molecular flexibility index (Phi) is 8.07. The third kappa shape index (κ3) is 6.17. The van der Waals surface area contributed by atoms with Gasteiger partial charge in [-0.2, -0.15) is 0 Å². The quantitative estimate of drug-likeness (QED) is 0.436. The summed E-state index contributed by atoms with van der Waals surface area (Å²) in [6.07, 6.45) is 0.0260. The first-order valence-corrected chi connectivity index (χ1v) is 11.7. The van der Waals surface area contributed by atoms with Gasteiger partial charge in [0.1, 0.15) is 11.6 Å². The Hall–Kier alpha value is -2.16.